The molecule has 0 bridgehead atoms. The lowest BCUT2D eigenvalue weighted by atomic mass is 9.80. The van der Waals surface area contributed by atoms with Gasteiger partial charge < -0.3 is 48.2 Å². The molecule has 0 atom stereocenters. The fraction of sp³-hybridized carbons (Fsp3) is 0.516. The number of amides is 10. The van der Waals surface area contributed by atoms with Gasteiger partial charge in [0.25, 0.3) is 29.5 Å². The summed E-state index contributed by atoms with van der Waals surface area (Å²) in [5.74, 6) is -1.21. The summed E-state index contributed by atoms with van der Waals surface area (Å²) in [5, 5.41) is 1.14. The molecule has 658 valence electrons. The molecule has 0 N–H and O–H groups in total. The van der Waals surface area contributed by atoms with Crippen LogP contribution in [0.4, 0.5) is 52.4 Å². The Morgan fingerprint density at radius 1 is 0.268 bits per heavy atom. The van der Waals surface area contributed by atoms with Crippen LogP contribution in [-0.2, 0) is 60.5 Å². The zero-order valence-corrected chi connectivity index (χ0v) is 76.6. The Labute approximate surface area is 749 Å². The molecule has 123 heavy (non-hydrogen) atoms. The maximum absolute atomic E-state index is 13.3. The van der Waals surface area contributed by atoms with E-state index < -0.39 is 58.2 Å². The zero-order chi connectivity index (χ0) is 88.7. The number of carbonyl (C=O) groups excluding carboxylic acids is 10. The van der Waals surface area contributed by atoms with Gasteiger partial charge in [0, 0.05) is 28.4 Å². The third kappa shape index (κ3) is 18.7. The molecule has 5 saturated heterocycles. The van der Waals surface area contributed by atoms with E-state index in [0.29, 0.717) is 64.2 Å². The summed E-state index contributed by atoms with van der Waals surface area (Å²) in [6.45, 7) is 19.9. The molecule has 15 rings (SSSR count). The summed E-state index contributed by atoms with van der Waals surface area (Å²) in [6.07, 6.45) is 21.8. The second-order valence-corrected chi connectivity index (χ2v) is 34.5. The third-order valence-corrected chi connectivity index (χ3v) is 26.8. The summed E-state index contributed by atoms with van der Waals surface area (Å²) < 4.78 is 25.3. The molecule has 0 radical (unpaired) electrons. The smallest absolute Gasteiger partial charge is 0.423 e. The van der Waals surface area contributed by atoms with Crippen LogP contribution in [0.15, 0.2) is 121 Å². The van der Waals surface area contributed by atoms with E-state index in [0.717, 1.165) is 185 Å². The van der Waals surface area contributed by atoms with Gasteiger partial charge in [0.05, 0.1) is 33.0 Å². The summed E-state index contributed by atoms with van der Waals surface area (Å²) >= 11 is 27.7. The first kappa shape index (κ1) is 93.9. The van der Waals surface area contributed by atoms with Crippen LogP contribution in [0, 0.1) is 20.8 Å². The molecule has 5 spiro atoms. The highest BCUT2D eigenvalue weighted by Crippen LogP contribution is 2.50. The van der Waals surface area contributed by atoms with Crippen molar-refractivity contribution in [2.24, 2.45) is 0 Å². The minimum absolute atomic E-state index is 0.211. The van der Waals surface area contributed by atoms with Gasteiger partial charge in [-0.3, -0.25) is 24.0 Å². The van der Waals surface area contributed by atoms with E-state index >= 15 is 0 Å². The fourth-order valence-electron chi connectivity index (χ4n) is 18.8. The van der Waals surface area contributed by atoms with E-state index in [1.807, 2.05) is 154 Å². The average Bonchev–Trinajstić information content (AvgIpc) is 1.60. The normalized spacial score (nSPS) is 19.7. The Bertz CT molecular complexity index is 4470. The summed E-state index contributed by atoms with van der Waals surface area (Å²) in [6, 6.07) is 40.0. The molecule has 10 amide bonds. The quantitative estimate of drug-likeness (QED) is 0.0784. The molecule has 10 fully saturated rings. The lowest BCUT2D eigenvalue weighted by Crippen LogP contribution is -2.51. The van der Waals surface area contributed by atoms with E-state index in [2.05, 4.69) is 26.0 Å². The highest BCUT2D eigenvalue weighted by atomic mass is 32.1. The lowest BCUT2D eigenvalue weighted by Gasteiger charge is -2.39. The van der Waals surface area contributed by atoms with Gasteiger partial charge in [-0.25, -0.2) is 24.0 Å². The Morgan fingerprint density at radius 3 is 0.602 bits per heavy atom. The molecule has 30 heteroatoms. The van der Waals surface area contributed by atoms with E-state index in [1.165, 1.54) is 11.1 Å². The average molecular weight is 1770 g/mol. The largest absolute Gasteiger partial charge is 0.449 e. The molecule has 5 aromatic rings. The van der Waals surface area contributed by atoms with Crippen LogP contribution in [-0.4, -0.2) is 171 Å². The van der Waals surface area contributed by atoms with Crippen LogP contribution >= 0.6 is 61.1 Å². The SMILES string of the molecule is CCCc1ccc(N2C(=S)N(C(=O)OCC)C(=O)C23CCCCC3)cc1.CCOC(=O)N1C(=O)C2(CCCCC2)N(c2ccc(C)cc2)C1=S.CCOC(=O)N1C(=O)C2(CCCCC2)N(c2ccc(C)cc2)C1=S.CCOC(=O)N1C(=O)C2(CCCCC2)N(c2ccc(C)cc2)C1=S.CCOC(=O)N1C(=O)C2(CCCCC2)N(c2ccc(CC)cc2)C1=S. The Balaban J connectivity index is 0.000000150. The van der Waals surface area contributed by atoms with E-state index in [4.69, 9.17) is 84.8 Å². The number of thiocarbonyl (C=S) groups is 5. The maximum Gasteiger partial charge on any atom is 0.423 e. The monoisotopic (exact) mass is 1770 g/mol. The van der Waals surface area contributed by atoms with E-state index in [1.54, 1.807) is 34.6 Å². The first-order chi connectivity index (χ1) is 59.1. The predicted molar refractivity (Wildman–Crippen MR) is 494 cm³/mol. The van der Waals surface area contributed by atoms with Gasteiger partial charge in [-0.2, -0.15) is 24.5 Å². The van der Waals surface area contributed by atoms with Crippen LogP contribution in [0.2, 0.25) is 0 Å². The maximum atomic E-state index is 13.3. The van der Waals surface area contributed by atoms with Crippen LogP contribution in [0.3, 0.4) is 0 Å². The molecule has 0 aromatic heterocycles. The van der Waals surface area contributed by atoms with Gasteiger partial charge >= 0.3 is 30.5 Å². The Hall–Kier alpha value is -9.75. The van der Waals surface area contributed by atoms with Crippen molar-refractivity contribution in [3.8, 4) is 0 Å². The van der Waals surface area contributed by atoms with Gasteiger partial charge in [-0.1, -0.05) is 194 Å². The number of rotatable bonds is 13. The zero-order valence-electron chi connectivity index (χ0n) is 72.5. The molecule has 5 aromatic carbocycles. The van der Waals surface area contributed by atoms with Gasteiger partial charge in [0.1, 0.15) is 27.7 Å². The van der Waals surface area contributed by atoms with Gasteiger partial charge in [-0.05, 0) is 265 Å². The Kier molecular flexibility index (Phi) is 31.6. The fourth-order valence-corrected chi connectivity index (χ4v) is 21.0. The van der Waals surface area contributed by atoms with Gasteiger partial charge in [0.15, 0.2) is 25.6 Å². The van der Waals surface area contributed by atoms with E-state index in [-0.39, 0.29) is 88.1 Å². The van der Waals surface area contributed by atoms with Crippen molar-refractivity contribution in [3.63, 3.8) is 0 Å². The number of ether oxygens (including phenoxy) is 5. The lowest BCUT2D eigenvalue weighted by molar-refractivity contribution is -0.131. The molecule has 10 aliphatic rings. The van der Waals surface area contributed by atoms with Crippen molar-refractivity contribution in [2.45, 2.75) is 277 Å². The highest BCUT2D eigenvalue weighted by Gasteiger charge is 2.64. The standard InChI is InChI=1S/C20H26N2O3S.C19H24N2O3S.3C18H22N2O3S/c1-3-8-15-9-11-16(12-10-15)22-18(26)21(19(24)25-4-2)17(23)20(22)13-6-5-7-14-20;1-3-14-8-10-15(11-9-14)21-17(25)20(18(23)24-4-2)16(22)19(21)12-6-5-7-13-19;3*1-3-23-17(22)19-15(21)18(11-5-4-6-12-18)20(16(19)24)14-9-7-13(2)8-10-14/h9-12H,3-8,13-14H2,1-2H3;8-11H,3-7,12-13H2,1-2H3;3*7-10H,3-6,11-12H2,1-2H3. The molecular weight excluding hydrogens is 1660 g/mol. The topological polar surface area (TPSA) is 249 Å². The minimum Gasteiger partial charge on any atom is -0.449 e. The summed E-state index contributed by atoms with van der Waals surface area (Å²) in [7, 11) is 0. The number of benzene rings is 5. The first-order valence-corrected chi connectivity index (χ1v) is 45.8. The van der Waals surface area contributed by atoms with Crippen molar-refractivity contribution in [1.82, 2.24) is 24.5 Å². The van der Waals surface area contributed by atoms with Crippen molar-refractivity contribution >= 4 is 175 Å². The van der Waals surface area contributed by atoms with Crippen LogP contribution < -0.4 is 24.5 Å². The number of hydrogen-bond acceptors (Lipinski definition) is 20. The molecule has 5 saturated carbocycles. The van der Waals surface area contributed by atoms with Crippen LogP contribution in [0.25, 0.3) is 0 Å². The van der Waals surface area contributed by atoms with Gasteiger partial charge in [0.2, 0.25) is 0 Å². The highest BCUT2D eigenvalue weighted by molar-refractivity contribution is 7.81. The summed E-state index contributed by atoms with van der Waals surface area (Å²) in [5.41, 5.74) is 6.42. The molecule has 5 heterocycles. The molecule has 5 aliphatic carbocycles. The van der Waals surface area contributed by atoms with Gasteiger partial charge in [-0.15, -0.1) is 0 Å². The number of imide groups is 5. The number of hydrogen-bond donors (Lipinski definition) is 0. The van der Waals surface area contributed by atoms with Crippen molar-refractivity contribution < 1.29 is 71.6 Å². The Morgan fingerprint density at radius 2 is 0.439 bits per heavy atom. The first-order valence-electron chi connectivity index (χ1n) is 43.8. The van der Waals surface area contributed by atoms with Crippen LogP contribution in [0.5, 0.6) is 0 Å². The second kappa shape index (κ2) is 41.4. The number of anilines is 5. The number of carbonyl (C=O) groups is 10. The van der Waals surface area contributed by atoms with Crippen LogP contribution in [0.1, 0.15) is 243 Å². The van der Waals surface area contributed by atoms with E-state index in [9.17, 15) is 47.9 Å². The molecule has 5 aliphatic heterocycles. The molecule has 0 unspecified atom stereocenters. The third-order valence-electron chi connectivity index (χ3n) is 24.9. The van der Waals surface area contributed by atoms with Crippen molar-refractivity contribution in [2.75, 3.05) is 57.5 Å². The van der Waals surface area contributed by atoms with Crippen molar-refractivity contribution in [1.29, 1.82) is 0 Å². The number of aryl methyl sites for hydroxylation is 5. The van der Waals surface area contributed by atoms with Crippen molar-refractivity contribution in [3.05, 3.63) is 149 Å². The summed E-state index contributed by atoms with van der Waals surface area (Å²) in [4.78, 5) is 142. The molecule has 25 nitrogen and oxygen atoms in total. The predicted octanol–water partition coefficient (Wildman–Crippen LogP) is 19.8. The second-order valence-electron chi connectivity index (χ2n) is 32.7. The number of nitrogens with zero attached hydrogens (tertiary/aromatic N) is 10. The molecular formula is C93H116N10O15S5. The minimum atomic E-state index is -0.756.